The van der Waals surface area contributed by atoms with Gasteiger partial charge in [0.25, 0.3) is 0 Å². The van der Waals surface area contributed by atoms with Crippen LogP contribution >= 0.6 is 0 Å². The van der Waals surface area contributed by atoms with Gasteiger partial charge < -0.3 is 29.8 Å². The summed E-state index contributed by atoms with van der Waals surface area (Å²) in [6.07, 6.45) is 5.10. The lowest BCUT2D eigenvalue weighted by atomic mass is 10.0. The molecule has 31 heavy (non-hydrogen) atoms. The van der Waals surface area contributed by atoms with Crippen LogP contribution in [0, 0.1) is 0 Å². The summed E-state index contributed by atoms with van der Waals surface area (Å²) in [4.78, 5) is 0. The zero-order chi connectivity index (χ0) is 21.9. The molecule has 1 aromatic heterocycles. The van der Waals surface area contributed by atoms with Crippen molar-refractivity contribution >= 4 is 11.0 Å². The second-order valence-corrected chi connectivity index (χ2v) is 7.72. The van der Waals surface area contributed by atoms with Gasteiger partial charge in [0.2, 0.25) is 0 Å². The Hall–Kier alpha value is -2.38. The van der Waals surface area contributed by atoms with Gasteiger partial charge in [-0.2, -0.15) is 0 Å². The average molecular weight is 428 g/mol. The third kappa shape index (κ3) is 6.80. The molecule has 0 amide bonds. The van der Waals surface area contributed by atoms with Gasteiger partial charge in [0.15, 0.2) is 0 Å². The zero-order valence-electron chi connectivity index (χ0n) is 18.0. The van der Waals surface area contributed by atoms with Crippen molar-refractivity contribution < 1.29 is 24.5 Å². The normalized spacial score (nSPS) is 11.4. The first kappa shape index (κ1) is 23.3. The van der Waals surface area contributed by atoms with Crippen molar-refractivity contribution in [3.05, 3.63) is 64.9 Å². The van der Waals surface area contributed by atoms with Crippen LogP contribution in [0.1, 0.15) is 48.1 Å². The summed E-state index contributed by atoms with van der Waals surface area (Å²) in [5.74, 6) is 1.03. The van der Waals surface area contributed by atoms with Crippen molar-refractivity contribution in [3.8, 4) is 5.75 Å². The van der Waals surface area contributed by atoms with Gasteiger partial charge in [-0.3, -0.25) is 0 Å². The number of benzene rings is 2. The SMILES string of the molecule is OCc1ccc(O)c(CO)c1CNCCCCCCOCCc1cc2ccccc2o1. The number of ether oxygens (including phenoxy) is 1. The molecule has 0 aliphatic carbocycles. The maximum atomic E-state index is 9.88. The number of aromatic hydroxyl groups is 1. The standard InChI is InChI=1S/C25H33NO5/c27-17-20-9-10-24(29)23(18-28)22(20)16-26-12-5-1-2-6-13-30-14-11-21-15-19-7-3-4-8-25(19)31-21/h3-4,7-10,15,26-29H,1-2,5-6,11-14,16-18H2. The lowest BCUT2D eigenvalue weighted by molar-refractivity contribution is 0.129. The number of fused-ring (bicyclic) bond motifs is 1. The summed E-state index contributed by atoms with van der Waals surface area (Å²) in [6, 6.07) is 13.3. The Bertz CT molecular complexity index is 904. The molecular weight excluding hydrogens is 394 g/mol. The molecule has 0 aliphatic rings. The number of unbranched alkanes of at least 4 members (excludes halogenated alkanes) is 3. The fraction of sp³-hybridized carbons (Fsp3) is 0.440. The third-order valence-corrected chi connectivity index (χ3v) is 5.50. The Labute approximate surface area is 183 Å². The maximum absolute atomic E-state index is 9.88. The van der Waals surface area contributed by atoms with Gasteiger partial charge in [-0.1, -0.05) is 37.1 Å². The number of nitrogens with one attached hydrogen (secondary N) is 1. The molecule has 2 aromatic carbocycles. The van der Waals surface area contributed by atoms with E-state index in [0.717, 1.165) is 73.1 Å². The van der Waals surface area contributed by atoms with E-state index >= 15 is 0 Å². The van der Waals surface area contributed by atoms with Gasteiger partial charge in [0.1, 0.15) is 17.1 Å². The molecule has 0 aliphatic heterocycles. The predicted molar refractivity (Wildman–Crippen MR) is 121 cm³/mol. The Morgan fingerprint density at radius 2 is 1.71 bits per heavy atom. The summed E-state index contributed by atoms with van der Waals surface area (Å²) in [5, 5.41) is 33.3. The summed E-state index contributed by atoms with van der Waals surface area (Å²) in [7, 11) is 0. The topological polar surface area (TPSA) is 95.1 Å². The number of furan rings is 1. The van der Waals surface area contributed by atoms with Gasteiger partial charge in [-0.15, -0.1) is 0 Å². The lowest BCUT2D eigenvalue weighted by Gasteiger charge is -2.14. The van der Waals surface area contributed by atoms with Crippen LogP contribution in [-0.4, -0.2) is 35.1 Å². The molecule has 0 atom stereocenters. The first-order valence-electron chi connectivity index (χ1n) is 11.0. The van der Waals surface area contributed by atoms with Crippen LogP contribution in [0.4, 0.5) is 0 Å². The highest BCUT2D eigenvalue weighted by atomic mass is 16.5. The summed E-state index contributed by atoms with van der Waals surface area (Å²) in [5.41, 5.74) is 2.92. The smallest absolute Gasteiger partial charge is 0.134 e. The van der Waals surface area contributed by atoms with Gasteiger partial charge in [-0.25, -0.2) is 0 Å². The minimum absolute atomic E-state index is 0.0665. The minimum Gasteiger partial charge on any atom is -0.508 e. The Kier molecular flexibility index (Phi) is 9.37. The van der Waals surface area contributed by atoms with Crippen molar-refractivity contribution in [2.75, 3.05) is 19.8 Å². The van der Waals surface area contributed by atoms with Crippen LogP contribution in [0.15, 0.2) is 46.9 Å². The van der Waals surface area contributed by atoms with Gasteiger partial charge >= 0.3 is 0 Å². The van der Waals surface area contributed by atoms with Crippen molar-refractivity contribution in [2.45, 2.75) is 51.9 Å². The average Bonchev–Trinajstić information content (AvgIpc) is 3.20. The Balaban J connectivity index is 1.23. The molecule has 3 aromatic rings. The highest BCUT2D eigenvalue weighted by molar-refractivity contribution is 5.77. The van der Waals surface area contributed by atoms with Crippen LogP contribution in [-0.2, 0) is 30.9 Å². The van der Waals surface area contributed by atoms with E-state index in [1.165, 1.54) is 6.07 Å². The summed E-state index contributed by atoms with van der Waals surface area (Å²) in [6.45, 7) is 2.44. The lowest BCUT2D eigenvalue weighted by Crippen LogP contribution is -2.17. The largest absolute Gasteiger partial charge is 0.508 e. The third-order valence-electron chi connectivity index (χ3n) is 5.50. The predicted octanol–water partition coefficient (Wildman–Crippen LogP) is 4.03. The van der Waals surface area contributed by atoms with E-state index in [0.29, 0.717) is 18.7 Å². The van der Waals surface area contributed by atoms with Gasteiger partial charge in [0, 0.05) is 30.5 Å². The first-order chi connectivity index (χ1) is 15.2. The van der Waals surface area contributed by atoms with Crippen LogP contribution in [0.5, 0.6) is 5.75 Å². The highest BCUT2D eigenvalue weighted by Crippen LogP contribution is 2.25. The molecule has 0 bridgehead atoms. The molecular formula is C25H33NO5. The van der Waals surface area contributed by atoms with E-state index in [1.807, 2.05) is 18.2 Å². The van der Waals surface area contributed by atoms with Crippen LogP contribution < -0.4 is 5.32 Å². The fourth-order valence-corrected chi connectivity index (χ4v) is 3.73. The van der Waals surface area contributed by atoms with E-state index < -0.39 is 0 Å². The second-order valence-electron chi connectivity index (χ2n) is 7.72. The molecule has 3 rings (SSSR count). The molecule has 0 saturated carbocycles. The Morgan fingerprint density at radius 1 is 0.871 bits per heavy atom. The molecule has 6 nitrogen and oxygen atoms in total. The molecule has 6 heteroatoms. The molecule has 0 saturated heterocycles. The zero-order valence-corrected chi connectivity index (χ0v) is 18.0. The van der Waals surface area contributed by atoms with E-state index in [4.69, 9.17) is 9.15 Å². The highest BCUT2D eigenvalue weighted by Gasteiger charge is 2.11. The number of para-hydroxylation sites is 1. The van der Waals surface area contributed by atoms with E-state index in [9.17, 15) is 15.3 Å². The van der Waals surface area contributed by atoms with Gasteiger partial charge in [-0.05, 0) is 48.7 Å². The maximum Gasteiger partial charge on any atom is 0.134 e. The van der Waals surface area contributed by atoms with Crippen LogP contribution in [0.2, 0.25) is 0 Å². The summed E-state index contributed by atoms with van der Waals surface area (Å²) >= 11 is 0. The van der Waals surface area contributed by atoms with Crippen LogP contribution in [0.3, 0.4) is 0 Å². The number of phenols is 1. The van der Waals surface area contributed by atoms with Crippen molar-refractivity contribution in [3.63, 3.8) is 0 Å². The van der Waals surface area contributed by atoms with E-state index in [1.54, 1.807) is 6.07 Å². The first-order valence-corrected chi connectivity index (χ1v) is 11.0. The number of hydrogen-bond donors (Lipinski definition) is 4. The number of aliphatic hydroxyl groups excluding tert-OH is 2. The van der Waals surface area contributed by atoms with Crippen LogP contribution in [0.25, 0.3) is 11.0 Å². The quantitative estimate of drug-likeness (QED) is 0.290. The number of hydrogen-bond acceptors (Lipinski definition) is 6. The van der Waals surface area contributed by atoms with E-state index in [2.05, 4.69) is 17.4 Å². The van der Waals surface area contributed by atoms with Crippen molar-refractivity contribution in [2.24, 2.45) is 0 Å². The molecule has 4 N–H and O–H groups in total. The van der Waals surface area contributed by atoms with Crippen molar-refractivity contribution in [1.29, 1.82) is 0 Å². The van der Waals surface area contributed by atoms with Crippen molar-refractivity contribution in [1.82, 2.24) is 5.32 Å². The molecule has 0 unspecified atom stereocenters. The molecule has 1 heterocycles. The van der Waals surface area contributed by atoms with Gasteiger partial charge in [0.05, 0.1) is 19.8 Å². The Morgan fingerprint density at radius 3 is 2.52 bits per heavy atom. The number of aliphatic hydroxyl groups is 2. The fourth-order valence-electron chi connectivity index (χ4n) is 3.73. The molecule has 168 valence electrons. The summed E-state index contributed by atoms with van der Waals surface area (Å²) < 4.78 is 11.5. The second kappa shape index (κ2) is 12.5. The molecule has 0 fully saturated rings. The monoisotopic (exact) mass is 427 g/mol. The molecule has 0 radical (unpaired) electrons. The molecule has 0 spiro atoms. The van der Waals surface area contributed by atoms with E-state index in [-0.39, 0.29) is 19.0 Å². The minimum atomic E-state index is -0.243. The number of rotatable bonds is 14.